The van der Waals surface area contributed by atoms with Crippen molar-refractivity contribution in [2.75, 3.05) is 19.1 Å². The largest absolute Gasteiger partial charge is 0.469 e. The summed E-state index contributed by atoms with van der Waals surface area (Å²) < 4.78 is 19.2. The van der Waals surface area contributed by atoms with Gasteiger partial charge >= 0.3 is 5.97 Å². The number of hydrogen-bond donors (Lipinski definition) is 1. The standard InChI is InChI=1S/C16H13BrFN3O3S/c1-21(16-19-9(7-25-16)5-14(22)24-2)15(23)13-6-10-11(18)3-8(17)4-12(10)20-13/h3-4,6-7,20H,5H2,1-2H3. The number of thiazole rings is 1. The molecule has 3 rings (SSSR count). The summed E-state index contributed by atoms with van der Waals surface area (Å²) in [6, 6.07) is 4.51. The van der Waals surface area contributed by atoms with E-state index in [0.717, 1.165) is 0 Å². The van der Waals surface area contributed by atoms with Crippen molar-refractivity contribution in [2.24, 2.45) is 0 Å². The monoisotopic (exact) mass is 425 g/mol. The molecule has 1 aromatic carbocycles. The maximum Gasteiger partial charge on any atom is 0.311 e. The van der Waals surface area contributed by atoms with E-state index in [9.17, 15) is 14.0 Å². The Morgan fingerprint density at radius 1 is 1.40 bits per heavy atom. The topological polar surface area (TPSA) is 75.3 Å². The minimum atomic E-state index is -0.419. The van der Waals surface area contributed by atoms with Crippen LogP contribution in [0.25, 0.3) is 10.9 Å². The fourth-order valence-electron chi connectivity index (χ4n) is 2.29. The van der Waals surface area contributed by atoms with Crippen LogP contribution in [-0.2, 0) is 16.0 Å². The number of carbonyl (C=O) groups excluding carboxylic acids is 2. The number of esters is 1. The molecule has 6 nitrogen and oxygen atoms in total. The summed E-state index contributed by atoms with van der Waals surface area (Å²) in [4.78, 5) is 32.5. The Kier molecular flexibility index (Phi) is 4.87. The van der Waals surface area contributed by atoms with Gasteiger partial charge in [0.1, 0.15) is 11.5 Å². The van der Waals surface area contributed by atoms with Gasteiger partial charge < -0.3 is 9.72 Å². The van der Waals surface area contributed by atoms with Crippen molar-refractivity contribution in [2.45, 2.75) is 6.42 Å². The lowest BCUT2D eigenvalue weighted by molar-refractivity contribution is -0.139. The van der Waals surface area contributed by atoms with E-state index < -0.39 is 11.8 Å². The predicted molar refractivity (Wildman–Crippen MR) is 96.5 cm³/mol. The molecular weight excluding hydrogens is 413 g/mol. The van der Waals surface area contributed by atoms with E-state index in [1.54, 1.807) is 18.5 Å². The number of nitrogens with one attached hydrogen (secondary N) is 1. The molecule has 0 bridgehead atoms. The van der Waals surface area contributed by atoms with E-state index in [2.05, 4.69) is 30.6 Å². The Hall–Kier alpha value is -2.26. The zero-order valence-corrected chi connectivity index (χ0v) is 15.7. The number of aromatic nitrogens is 2. The van der Waals surface area contributed by atoms with Crippen LogP contribution in [-0.4, -0.2) is 36.0 Å². The summed E-state index contributed by atoms with van der Waals surface area (Å²) in [5, 5.41) is 2.47. The van der Waals surface area contributed by atoms with Crippen LogP contribution in [0.15, 0.2) is 28.1 Å². The summed E-state index contributed by atoms with van der Waals surface area (Å²) in [5.41, 5.74) is 1.30. The summed E-state index contributed by atoms with van der Waals surface area (Å²) in [6.07, 6.45) is 0.0423. The molecular formula is C16H13BrFN3O3S. The molecule has 0 saturated carbocycles. The van der Waals surface area contributed by atoms with Crippen LogP contribution in [0.3, 0.4) is 0 Å². The second-order valence-corrected chi connectivity index (χ2v) is 7.02. The minimum Gasteiger partial charge on any atom is -0.469 e. The van der Waals surface area contributed by atoms with Gasteiger partial charge in [-0.25, -0.2) is 9.37 Å². The molecule has 2 aromatic heterocycles. The molecule has 0 atom stereocenters. The van der Waals surface area contributed by atoms with Crippen LogP contribution in [0, 0.1) is 5.82 Å². The average molecular weight is 426 g/mol. The lowest BCUT2D eigenvalue weighted by Gasteiger charge is -2.12. The van der Waals surface area contributed by atoms with E-state index in [0.29, 0.717) is 26.2 Å². The van der Waals surface area contributed by atoms with Gasteiger partial charge in [0.15, 0.2) is 5.13 Å². The maximum atomic E-state index is 14.0. The van der Waals surface area contributed by atoms with Gasteiger partial charge in [-0.05, 0) is 18.2 Å². The molecule has 0 aliphatic carbocycles. The van der Waals surface area contributed by atoms with Crippen LogP contribution < -0.4 is 4.90 Å². The number of benzene rings is 1. The molecule has 2 heterocycles. The van der Waals surface area contributed by atoms with E-state index >= 15 is 0 Å². The number of methoxy groups -OCH3 is 1. The highest BCUT2D eigenvalue weighted by Gasteiger charge is 2.20. The van der Waals surface area contributed by atoms with E-state index in [1.807, 2.05) is 0 Å². The lowest BCUT2D eigenvalue weighted by atomic mass is 10.2. The first-order valence-electron chi connectivity index (χ1n) is 7.16. The number of aromatic amines is 1. The van der Waals surface area contributed by atoms with Crippen LogP contribution >= 0.6 is 27.3 Å². The summed E-state index contributed by atoms with van der Waals surface area (Å²) in [7, 11) is 2.87. The van der Waals surface area contributed by atoms with Gasteiger partial charge in [-0.3, -0.25) is 14.5 Å². The Labute approximate surface area is 154 Å². The van der Waals surface area contributed by atoms with Gasteiger partial charge in [0, 0.05) is 22.3 Å². The summed E-state index contributed by atoms with van der Waals surface area (Å²) in [5.74, 6) is -1.18. The zero-order valence-electron chi connectivity index (χ0n) is 13.3. The van der Waals surface area contributed by atoms with Crippen LogP contribution in [0.1, 0.15) is 16.2 Å². The van der Waals surface area contributed by atoms with E-state index in [4.69, 9.17) is 0 Å². The molecule has 9 heteroatoms. The number of ether oxygens (including phenoxy) is 1. The molecule has 25 heavy (non-hydrogen) atoms. The molecule has 1 N–H and O–H groups in total. The molecule has 0 aliphatic rings. The van der Waals surface area contributed by atoms with Crippen molar-refractivity contribution in [3.8, 4) is 0 Å². The molecule has 0 unspecified atom stereocenters. The fraction of sp³-hybridized carbons (Fsp3) is 0.188. The Balaban J connectivity index is 1.85. The number of rotatable bonds is 4. The first-order valence-corrected chi connectivity index (χ1v) is 8.83. The van der Waals surface area contributed by atoms with Crippen molar-refractivity contribution in [1.82, 2.24) is 9.97 Å². The number of hydrogen-bond acceptors (Lipinski definition) is 5. The molecule has 0 fully saturated rings. The van der Waals surface area contributed by atoms with Crippen molar-refractivity contribution in [1.29, 1.82) is 0 Å². The van der Waals surface area contributed by atoms with E-state index in [1.165, 1.54) is 35.5 Å². The van der Waals surface area contributed by atoms with Gasteiger partial charge in [-0.1, -0.05) is 15.9 Å². The highest BCUT2D eigenvalue weighted by molar-refractivity contribution is 9.10. The molecule has 0 radical (unpaired) electrons. The molecule has 130 valence electrons. The highest BCUT2D eigenvalue weighted by atomic mass is 79.9. The molecule has 0 saturated heterocycles. The third-order valence-electron chi connectivity index (χ3n) is 3.57. The van der Waals surface area contributed by atoms with Crippen LogP contribution in [0.5, 0.6) is 0 Å². The Morgan fingerprint density at radius 3 is 2.88 bits per heavy atom. The number of anilines is 1. The van der Waals surface area contributed by atoms with Crippen molar-refractivity contribution >= 4 is 55.2 Å². The number of nitrogens with zero attached hydrogens (tertiary/aromatic N) is 2. The second-order valence-electron chi connectivity index (χ2n) is 5.27. The van der Waals surface area contributed by atoms with Crippen molar-refractivity contribution < 1.29 is 18.7 Å². The fourth-order valence-corrected chi connectivity index (χ4v) is 3.51. The van der Waals surface area contributed by atoms with E-state index in [-0.39, 0.29) is 18.0 Å². The quantitative estimate of drug-likeness (QED) is 0.648. The third-order valence-corrected chi connectivity index (χ3v) is 4.99. The first-order chi connectivity index (χ1) is 11.9. The second kappa shape index (κ2) is 6.93. The minimum absolute atomic E-state index is 0.0423. The molecule has 3 aromatic rings. The summed E-state index contributed by atoms with van der Waals surface area (Å²) >= 11 is 4.46. The number of halogens is 2. The van der Waals surface area contributed by atoms with Gasteiger partial charge in [-0.15, -0.1) is 11.3 Å². The predicted octanol–water partition coefficient (Wildman–Crippen LogP) is 3.52. The summed E-state index contributed by atoms with van der Waals surface area (Å²) in [6.45, 7) is 0. The number of carbonyl (C=O) groups is 2. The van der Waals surface area contributed by atoms with Gasteiger partial charge in [0.2, 0.25) is 0 Å². The van der Waals surface area contributed by atoms with Gasteiger partial charge in [-0.2, -0.15) is 0 Å². The molecule has 0 aliphatic heterocycles. The first kappa shape index (κ1) is 17.6. The molecule has 1 amide bonds. The number of amides is 1. The SMILES string of the molecule is COC(=O)Cc1csc(N(C)C(=O)c2cc3c(F)cc(Br)cc3[nH]2)n1. The normalized spacial score (nSPS) is 10.9. The Morgan fingerprint density at radius 2 is 2.16 bits per heavy atom. The number of fused-ring (bicyclic) bond motifs is 1. The van der Waals surface area contributed by atoms with Gasteiger partial charge in [0.05, 0.1) is 24.7 Å². The highest BCUT2D eigenvalue weighted by Crippen LogP contribution is 2.26. The van der Waals surface area contributed by atoms with Crippen molar-refractivity contribution in [3.05, 3.63) is 45.3 Å². The average Bonchev–Trinajstić information content (AvgIpc) is 3.20. The van der Waals surface area contributed by atoms with Crippen LogP contribution in [0.2, 0.25) is 0 Å². The van der Waals surface area contributed by atoms with Crippen LogP contribution in [0.4, 0.5) is 9.52 Å². The third kappa shape index (κ3) is 3.57. The maximum absolute atomic E-state index is 14.0. The Bertz CT molecular complexity index is 969. The lowest BCUT2D eigenvalue weighted by Crippen LogP contribution is -2.26. The van der Waals surface area contributed by atoms with Crippen molar-refractivity contribution in [3.63, 3.8) is 0 Å². The molecule has 0 spiro atoms. The number of H-pyrrole nitrogens is 1. The smallest absolute Gasteiger partial charge is 0.311 e. The van der Waals surface area contributed by atoms with Gasteiger partial charge in [0.25, 0.3) is 5.91 Å². The zero-order chi connectivity index (χ0) is 18.1.